The summed E-state index contributed by atoms with van der Waals surface area (Å²) in [7, 11) is 0. The zero-order chi connectivity index (χ0) is 29.0. The quantitative estimate of drug-likeness (QED) is 0.170. The molecular formula is C28H22Cl2IN3O6. The van der Waals surface area contributed by atoms with E-state index in [-0.39, 0.29) is 24.5 Å². The van der Waals surface area contributed by atoms with E-state index in [0.29, 0.717) is 36.4 Å². The average Bonchev–Trinajstić information content (AvgIpc) is 2.88. The van der Waals surface area contributed by atoms with Crippen LogP contribution in [0.1, 0.15) is 18.1 Å². The minimum absolute atomic E-state index is 0.216. The van der Waals surface area contributed by atoms with E-state index < -0.39 is 23.8 Å². The third kappa shape index (κ3) is 6.75. The summed E-state index contributed by atoms with van der Waals surface area (Å²) >= 11 is 14.2. The van der Waals surface area contributed by atoms with Crippen LogP contribution in [0.4, 0.5) is 16.2 Å². The highest BCUT2D eigenvalue weighted by molar-refractivity contribution is 14.1. The molecule has 0 aromatic heterocycles. The van der Waals surface area contributed by atoms with E-state index in [2.05, 4.69) is 10.6 Å². The molecule has 0 bridgehead atoms. The first-order valence-corrected chi connectivity index (χ1v) is 13.7. The number of carbonyl (C=O) groups is 4. The van der Waals surface area contributed by atoms with Gasteiger partial charge in [-0.3, -0.25) is 19.7 Å². The van der Waals surface area contributed by atoms with Crippen molar-refractivity contribution < 1.29 is 28.7 Å². The van der Waals surface area contributed by atoms with E-state index in [1.165, 1.54) is 18.2 Å². The molecule has 0 radical (unpaired) electrons. The van der Waals surface area contributed by atoms with Gasteiger partial charge in [-0.05, 0) is 96.1 Å². The molecule has 206 valence electrons. The molecule has 4 rings (SSSR count). The van der Waals surface area contributed by atoms with Gasteiger partial charge in [-0.25, -0.2) is 9.69 Å². The summed E-state index contributed by atoms with van der Waals surface area (Å²) in [6, 6.07) is 13.7. The van der Waals surface area contributed by atoms with Gasteiger partial charge in [-0.15, -0.1) is 0 Å². The Kier molecular flexibility index (Phi) is 9.33. The number of imide groups is 2. The molecule has 0 spiro atoms. The molecule has 5 amide bonds. The number of hydrogen-bond acceptors (Lipinski definition) is 6. The maximum Gasteiger partial charge on any atom is 0.335 e. The average molecular weight is 694 g/mol. The molecule has 0 aliphatic carbocycles. The van der Waals surface area contributed by atoms with E-state index >= 15 is 0 Å². The zero-order valence-electron chi connectivity index (χ0n) is 21.2. The number of rotatable bonds is 8. The van der Waals surface area contributed by atoms with E-state index in [9.17, 15) is 19.2 Å². The van der Waals surface area contributed by atoms with E-state index in [1.807, 2.05) is 29.5 Å². The summed E-state index contributed by atoms with van der Waals surface area (Å²) in [5.74, 6) is -1.43. The van der Waals surface area contributed by atoms with Gasteiger partial charge in [0.1, 0.15) is 5.57 Å². The number of nitrogens with one attached hydrogen (secondary N) is 2. The Labute approximate surface area is 253 Å². The third-order valence-corrected chi connectivity index (χ3v) is 7.06. The highest BCUT2D eigenvalue weighted by Crippen LogP contribution is 2.35. The molecule has 0 saturated carbocycles. The number of halogens is 3. The van der Waals surface area contributed by atoms with Gasteiger partial charge < -0.3 is 14.8 Å². The van der Waals surface area contributed by atoms with Crippen molar-refractivity contribution in [2.24, 2.45) is 0 Å². The lowest BCUT2D eigenvalue weighted by Gasteiger charge is -2.26. The van der Waals surface area contributed by atoms with Gasteiger partial charge in [-0.1, -0.05) is 35.3 Å². The highest BCUT2D eigenvalue weighted by atomic mass is 127. The fourth-order valence-corrected chi connectivity index (χ4v) is 4.90. The minimum Gasteiger partial charge on any atom is -0.490 e. The number of ether oxygens (including phenoxy) is 2. The number of aryl methyl sites for hydroxylation is 1. The van der Waals surface area contributed by atoms with Gasteiger partial charge in [0.25, 0.3) is 17.7 Å². The van der Waals surface area contributed by atoms with Crippen molar-refractivity contribution in [3.63, 3.8) is 0 Å². The number of anilines is 2. The maximum absolute atomic E-state index is 13.2. The molecule has 3 aromatic rings. The van der Waals surface area contributed by atoms with Crippen LogP contribution in [0.25, 0.3) is 6.08 Å². The Bertz CT molecular complexity index is 1560. The third-order valence-electron chi connectivity index (χ3n) is 5.61. The van der Waals surface area contributed by atoms with Crippen LogP contribution in [0.15, 0.2) is 60.2 Å². The first kappa shape index (κ1) is 29.4. The standard InChI is InChI=1S/C28H22Cl2IN3O6/c1-3-39-23-11-16(9-20-26(36)33-28(38)34(27(20)37)19-6-4-5-17(29)12-19)10-22(31)25(23)40-14-24(35)32-18-8-7-15(2)21(30)13-18/h4-13H,3,14H2,1-2H3,(H,32,35)(H,33,36,38)/b20-9+. The largest absolute Gasteiger partial charge is 0.490 e. The van der Waals surface area contributed by atoms with E-state index in [4.69, 9.17) is 32.7 Å². The van der Waals surface area contributed by atoms with Crippen molar-refractivity contribution >= 4 is 87.0 Å². The fourth-order valence-electron chi connectivity index (χ4n) is 3.75. The number of carbonyl (C=O) groups excluding carboxylic acids is 4. The van der Waals surface area contributed by atoms with E-state index in [1.54, 1.807) is 49.4 Å². The second kappa shape index (κ2) is 12.7. The van der Waals surface area contributed by atoms with Crippen molar-refractivity contribution in [1.82, 2.24) is 5.32 Å². The van der Waals surface area contributed by atoms with Crippen molar-refractivity contribution in [3.05, 3.63) is 84.9 Å². The summed E-state index contributed by atoms with van der Waals surface area (Å²) in [4.78, 5) is 51.6. The normalized spacial score (nSPS) is 14.3. The minimum atomic E-state index is -0.881. The van der Waals surface area contributed by atoms with Gasteiger partial charge >= 0.3 is 6.03 Å². The smallest absolute Gasteiger partial charge is 0.335 e. The van der Waals surface area contributed by atoms with Crippen LogP contribution in [0.2, 0.25) is 10.0 Å². The van der Waals surface area contributed by atoms with Crippen LogP contribution >= 0.6 is 45.8 Å². The Morgan fingerprint density at radius 2 is 1.85 bits per heavy atom. The lowest BCUT2D eigenvalue weighted by Crippen LogP contribution is -2.54. The Hall–Kier alpha value is -3.61. The topological polar surface area (TPSA) is 114 Å². The van der Waals surface area contributed by atoms with Crippen LogP contribution in [0.3, 0.4) is 0 Å². The maximum atomic E-state index is 13.2. The fraction of sp³-hybridized carbons (Fsp3) is 0.143. The molecule has 1 fully saturated rings. The molecule has 0 atom stereocenters. The van der Waals surface area contributed by atoms with Crippen molar-refractivity contribution in [2.45, 2.75) is 13.8 Å². The lowest BCUT2D eigenvalue weighted by atomic mass is 10.1. The first-order valence-electron chi connectivity index (χ1n) is 11.9. The molecule has 9 nitrogen and oxygen atoms in total. The van der Waals surface area contributed by atoms with E-state index in [0.717, 1.165) is 10.5 Å². The number of hydrogen-bond donors (Lipinski definition) is 2. The summed E-state index contributed by atoms with van der Waals surface area (Å²) in [6.07, 6.45) is 1.35. The second-order valence-electron chi connectivity index (χ2n) is 8.50. The molecule has 1 heterocycles. The van der Waals surface area contributed by atoms with Crippen LogP contribution in [0, 0.1) is 10.5 Å². The highest BCUT2D eigenvalue weighted by Gasteiger charge is 2.37. The van der Waals surface area contributed by atoms with Crippen LogP contribution in [-0.2, 0) is 14.4 Å². The van der Waals surface area contributed by atoms with Crippen molar-refractivity contribution in [2.75, 3.05) is 23.4 Å². The second-order valence-corrected chi connectivity index (χ2v) is 10.5. The number of amides is 5. The molecule has 1 aliphatic rings. The molecule has 2 N–H and O–H groups in total. The lowest BCUT2D eigenvalue weighted by molar-refractivity contribution is -0.122. The molecule has 40 heavy (non-hydrogen) atoms. The number of urea groups is 1. The Morgan fingerprint density at radius 3 is 2.55 bits per heavy atom. The van der Waals surface area contributed by atoms with Gasteiger partial charge in [0, 0.05) is 15.7 Å². The Morgan fingerprint density at radius 1 is 1.07 bits per heavy atom. The molecule has 1 aliphatic heterocycles. The van der Waals surface area contributed by atoms with Gasteiger partial charge in [0.05, 0.1) is 15.9 Å². The van der Waals surface area contributed by atoms with Crippen molar-refractivity contribution in [3.8, 4) is 11.5 Å². The summed E-state index contributed by atoms with van der Waals surface area (Å²) in [6.45, 7) is 3.62. The number of nitrogens with zero attached hydrogens (tertiary/aromatic N) is 1. The van der Waals surface area contributed by atoms with Crippen LogP contribution in [0.5, 0.6) is 11.5 Å². The predicted octanol–water partition coefficient (Wildman–Crippen LogP) is 5.99. The number of benzene rings is 3. The molecule has 12 heteroatoms. The molecule has 0 unspecified atom stereocenters. The summed E-state index contributed by atoms with van der Waals surface area (Å²) in [5.41, 5.74) is 1.82. The number of barbiturate groups is 1. The predicted molar refractivity (Wildman–Crippen MR) is 161 cm³/mol. The molecule has 3 aromatic carbocycles. The monoisotopic (exact) mass is 693 g/mol. The van der Waals surface area contributed by atoms with Crippen LogP contribution in [-0.4, -0.2) is 37.0 Å². The van der Waals surface area contributed by atoms with Gasteiger partial charge in [-0.2, -0.15) is 0 Å². The zero-order valence-corrected chi connectivity index (χ0v) is 24.9. The summed E-state index contributed by atoms with van der Waals surface area (Å²) < 4.78 is 12.1. The Balaban J connectivity index is 1.57. The molecular weight excluding hydrogens is 672 g/mol. The SMILES string of the molecule is CCOc1cc(/C=C2\C(=O)NC(=O)N(c3cccc(Cl)c3)C2=O)cc(I)c1OCC(=O)Nc1ccc(C)c(Cl)c1. The van der Waals surface area contributed by atoms with Crippen molar-refractivity contribution in [1.29, 1.82) is 0 Å². The van der Waals surface area contributed by atoms with Gasteiger partial charge in [0.2, 0.25) is 0 Å². The molecule has 1 saturated heterocycles. The van der Waals surface area contributed by atoms with Gasteiger partial charge in [0.15, 0.2) is 18.1 Å². The summed E-state index contributed by atoms with van der Waals surface area (Å²) in [5, 5.41) is 5.76. The first-order chi connectivity index (χ1) is 19.1. The van der Waals surface area contributed by atoms with Crippen LogP contribution < -0.4 is 25.0 Å².